The average molecular weight is 375 g/mol. The number of benzene rings is 2. The molecule has 2 aromatic rings. The smallest absolute Gasteiger partial charge is 0.339 e. The maximum absolute atomic E-state index is 14.2. The van der Waals surface area contributed by atoms with Gasteiger partial charge in [0.05, 0.1) is 17.2 Å². The molecule has 8 heteroatoms. The number of sulfone groups is 1. The van der Waals surface area contributed by atoms with E-state index in [9.17, 15) is 22.0 Å². The Morgan fingerprint density at radius 2 is 1.77 bits per heavy atom. The summed E-state index contributed by atoms with van der Waals surface area (Å²) in [6.45, 7) is -0.220. The van der Waals surface area contributed by atoms with Crippen LogP contribution < -0.4 is 0 Å². The topological polar surface area (TPSA) is 84.2 Å². The van der Waals surface area contributed by atoms with E-state index in [0.717, 1.165) is 12.1 Å². The van der Waals surface area contributed by atoms with Gasteiger partial charge in [-0.1, -0.05) is 12.1 Å². The zero-order valence-corrected chi connectivity index (χ0v) is 14.2. The Labute approximate surface area is 148 Å². The number of carbonyl (C=O) groups is 1. The van der Waals surface area contributed by atoms with E-state index in [-0.39, 0.29) is 23.3 Å². The number of hydrogen-bond acceptors (Lipinski definition) is 5. The molecule has 0 aromatic heterocycles. The van der Waals surface area contributed by atoms with Crippen LogP contribution in [0.1, 0.15) is 16.7 Å². The molecule has 1 aliphatic rings. The predicted molar refractivity (Wildman–Crippen MR) is 88.4 cm³/mol. The fourth-order valence-corrected chi connectivity index (χ4v) is 3.58. The molecule has 1 heterocycles. The van der Waals surface area contributed by atoms with Crippen molar-refractivity contribution in [2.75, 3.05) is 12.9 Å². The predicted octanol–water partition coefficient (Wildman–Crippen LogP) is 2.71. The number of ether oxygens (including phenoxy) is 1. The van der Waals surface area contributed by atoms with Crippen molar-refractivity contribution in [3.05, 3.63) is 64.7 Å². The normalized spacial score (nSPS) is 14.3. The minimum atomic E-state index is -4.09. The molecule has 132 valence electrons. The Kier molecular flexibility index (Phi) is 4.34. The molecular weight excluding hydrogens is 364 g/mol. The van der Waals surface area contributed by atoms with Crippen molar-refractivity contribution in [2.24, 2.45) is 0 Å². The molecule has 0 saturated carbocycles. The zero-order chi connectivity index (χ0) is 19.1. The molecule has 0 unspecified atom stereocenters. The Bertz CT molecular complexity index is 1090. The lowest BCUT2D eigenvalue weighted by molar-refractivity contribution is -0.133. The number of cyclic esters (lactones) is 1. The van der Waals surface area contributed by atoms with Gasteiger partial charge in [0.25, 0.3) is 0 Å². The zero-order valence-electron chi connectivity index (χ0n) is 13.4. The molecule has 26 heavy (non-hydrogen) atoms. The molecule has 0 radical (unpaired) electrons. The molecule has 2 aromatic carbocycles. The monoisotopic (exact) mass is 375 g/mol. The van der Waals surface area contributed by atoms with Crippen LogP contribution >= 0.6 is 0 Å². The van der Waals surface area contributed by atoms with Crippen LogP contribution in [0.5, 0.6) is 0 Å². The highest BCUT2D eigenvalue weighted by atomic mass is 32.2. The number of nitriles is 1. The summed E-state index contributed by atoms with van der Waals surface area (Å²) < 4.78 is 56.4. The van der Waals surface area contributed by atoms with Crippen molar-refractivity contribution in [3.63, 3.8) is 0 Å². The van der Waals surface area contributed by atoms with Gasteiger partial charge < -0.3 is 4.74 Å². The van der Waals surface area contributed by atoms with Gasteiger partial charge in [0.1, 0.15) is 23.1 Å². The van der Waals surface area contributed by atoms with Crippen LogP contribution in [0.2, 0.25) is 0 Å². The quantitative estimate of drug-likeness (QED) is 0.770. The van der Waals surface area contributed by atoms with Gasteiger partial charge in [-0.3, -0.25) is 0 Å². The number of halogens is 2. The van der Waals surface area contributed by atoms with Crippen LogP contribution in [0.3, 0.4) is 0 Å². The van der Waals surface area contributed by atoms with Crippen molar-refractivity contribution in [1.29, 1.82) is 5.26 Å². The van der Waals surface area contributed by atoms with Crippen molar-refractivity contribution >= 4 is 27.0 Å². The molecule has 0 atom stereocenters. The van der Waals surface area contributed by atoms with Crippen LogP contribution in [0.4, 0.5) is 8.78 Å². The first-order valence-electron chi connectivity index (χ1n) is 7.32. The van der Waals surface area contributed by atoms with Gasteiger partial charge in [0, 0.05) is 11.8 Å². The van der Waals surface area contributed by atoms with Crippen molar-refractivity contribution in [1.82, 2.24) is 0 Å². The summed E-state index contributed by atoms with van der Waals surface area (Å²) in [7, 11) is -4.09. The summed E-state index contributed by atoms with van der Waals surface area (Å²) >= 11 is 0. The highest BCUT2D eigenvalue weighted by Crippen LogP contribution is 2.35. The van der Waals surface area contributed by atoms with Gasteiger partial charge >= 0.3 is 5.97 Å². The second-order valence-corrected chi connectivity index (χ2v) is 7.62. The molecule has 0 spiro atoms. The molecular formula is C18H11F2NO4S. The summed E-state index contributed by atoms with van der Waals surface area (Å²) in [6.07, 6.45) is 0.703. The summed E-state index contributed by atoms with van der Waals surface area (Å²) in [5.74, 6) is -3.19. The van der Waals surface area contributed by atoms with E-state index in [1.54, 1.807) is 18.2 Å². The fraction of sp³-hybridized carbons (Fsp3) is 0.111. The molecule has 0 amide bonds. The van der Waals surface area contributed by atoms with Gasteiger partial charge in [0.2, 0.25) is 0 Å². The SMILES string of the molecule is CS(=O)(=O)c1c(F)cc(C2=C(c3cccc(C#N)c3)C(=O)OC2)cc1F. The molecule has 3 rings (SSSR count). The van der Waals surface area contributed by atoms with Crippen molar-refractivity contribution in [2.45, 2.75) is 4.90 Å². The third-order valence-electron chi connectivity index (χ3n) is 3.85. The second kappa shape index (κ2) is 6.35. The third-order valence-corrected chi connectivity index (χ3v) is 4.98. The van der Waals surface area contributed by atoms with Gasteiger partial charge in [0.15, 0.2) is 9.84 Å². The van der Waals surface area contributed by atoms with Crippen LogP contribution in [-0.4, -0.2) is 27.2 Å². The maximum atomic E-state index is 14.2. The molecule has 0 saturated heterocycles. The Morgan fingerprint density at radius 1 is 1.12 bits per heavy atom. The van der Waals surface area contributed by atoms with Gasteiger partial charge in [-0.2, -0.15) is 5.26 Å². The lowest BCUT2D eigenvalue weighted by Gasteiger charge is -2.08. The van der Waals surface area contributed by atoms with Crippen molar-refractivity contribution < 1.29 is 26.7 Å². The number of rotatable bonds is 3. The molecule has 0 fully saturated rings. The van der Waals surface area contributed by atoms with Gasteiger partial charge in [-0.15, -0.1) is 0 Å². The molecule has 0 bridgehead atoms. The standard InChI is InChI=1S/C18H11F2NO4S/c1-26(23,24)17-14(19)6-12(7-15(17)20)13-9-25-18(22)16(13)11-4-2-3-10(5-11)8-21/h2-7H,9H2,1H3. The fourth-order valence-electron chi connectivity index (χ4n) is 2.76. The van der Waals surface area contributed by atoms with Crippen LogP contribution in [0, 0.1) is 23.0 Å². The van der Waals surface area contributed by atoms with E-state index in [4.69, 9.17) is 10.00 Å². The van der Waals surface area contributed by atoms with E-state index >= 15 is 0 Å². The molecule has 5 nitrogen and oxygen atoms in total. The number of esters is 1. The Morgan fingerprint density at radius 3 is 2.35 bits per heavy atom. The van der Waals surface area contributed by atoms with Crippen LogP contribution in [0.25, 0.3) is 11.1 Å². The summed E-state index contributed by atoms with van der Waals surface area (Å²) in [5.41, 5.74) is 0.958. The highest BCUT2D eigenvalue weighted by Gasteiger charge is 2.29. The van der Waals surface area contributed by atoms with Crippen LogP contribution in [-0.2, 0) is 19.4 Å². The summed E-state index contributed by atoms with van der Waals surface area (Å²) in [6, 6.07) is 9.79. The number of hydrogen-bond donors (Lipinski definition) is 0. The van der Waals surface area contributed by atoms with E-state index in [1.165, 1.54) is 6.07 Å². The van der Waals surface area contributed by atoms with Gasteiger partial charge in [-0.25, -0.2) is 22.0 Å². The maximum Gasteiger partial charge on any atom is 0.339 e. The molecule has 0 N–H and O–H groups in total. The lowest BCUT2D eigenvalue weighted by Crippen LogP contribution is -2.06. The first kappa shape index (κ1) is 17.8. The number of carbonyl (C=O) groups excluding carboxylic acids is 1. The van der Waals surface area contributed by atoms with E-state index < -0.39 is 32.3 Å². The van der Waals surface area contributed by atoms with Crippen molar-refractivity contribution in [3.8, 4) is 6.07 Å². The van der Waals surface area contributed by atoms with E-state index in [1.807, 2.05) is 6.07 Å². The first-order valence-corrected chi connectivity index (χ1v) is 9.22. The molecule has 0 aliphatic carbocycles. The highest BCUT2D eigenvalue weighted by molar-refractivity contribution is 7.90. The summed E-state index contributed by atoms with van der Waals surface area (Å²) in [4.78, 5) is 11.1. The Hall–Kier alpha value is -3.05. The van der Waals surface area contributed by atoms with E-state index in [2.05, 4.69) is 0 Å². The third kappa shape index (κ3) is 3.09. The largest absolute Gasteiger partial charge is 0.457 e. The van der Waals surface area contributed by atoms with E-state index in [0.29, 0.717) is 17.4 Å². The molecule has 1 aliphatic heterocycles. The summed E-state index contributed by atoms with van der Waals surface area (Å²) in [5, 5.41) is 8.99. The number of nitrogens with zero attached hydrogens (tertiary/aromatic N) is 1. The minimum Gasteiger partial charge on any atom is -0.457 e. The Balaban J connectivity index is 2.22. The van der Waals surface area contributed by atoms with Gasteiger partial charge in [-0.05, 0) is 35.4 Å². The minimum absolute atomic E-state index is 0.00406. The second-order valence-electron chi connectivity index (χ2n) is 5.66. The lowest BCUT2D eigenvalue weighted by atomic mass is 9.95. The van der Waals surface area contributed by atoms with Crippen LogP contribution in [0.15, 0.2) is 41.3 Å². The first-order chi connectivity index (χ1) is 12.2. The average Bonchev–Trinajstić information content (AvgIpc) is 2.94.